The van der Waals surface area contributed by atoms with Crippen LogP contribution in [0.3, 0.4) is 0 Å². The predicted octanol–water partition coefficient (Wildman–Crippen LogP) is 0.334. The molecule has 5 heteroatoms. The van der Waals surface area contributed by atoms with Gasteiger partial charge in [-0.05, 0) is 31.5 Å². The molecule has 0 aliphatic carbocycles. The number of rotatable bonds is 2. The molecule has 1 unspecified atom stereocenters. The lowest BCUT2D eigenvalue weighted by Crippen LogP contribution is -2.22. The Morgan fingerprint density at radius 1 is 1.56 bits per heavy atom. The van der Waals surface area contributed by atoms with Gasteiger partial charge in [0, 0.05) is 12.7 Å². The van der Waals surface area contributed by atoms with Crippen LogP contribution in [0, 0.1) is 5.92 Å². The Balaban J connectivity index is 2.01. The molecule has 0 saturated carbocycles. The normalized spacial score (nSPS) is 20.6. The first-order chi connectivity index (χ1) is 7.84. The van der Waals surface area contributed by atoms with Crippen LogP contribution in [0.2, 0.25) is 0 Å². The summed E-state index contributed by atoms with van der Waals surface area (Å²) in [5.41, 5.74) is 1.74. The van der Waals surface area contributed by atoms with Crippen molar-refractivity contribution < 1.29 is 0 Å². The molecule has 0 radical (unpaired) electrons. The third-order valence-corrected chi connectivity index (χ3v) is 3.18. The second kappa shape index (κ2) is 3.75. The van der Waals surface area contributed by atoms with Crippen molar-refractivity contribution in [1.29, 1.82) is 0 Å². The Kier molecular flexibility index (Phi) is 2.25. The fraction of sp³-hybridized carbons (Fsp3) is 0.455. The van der Waals surface area contributed by atoms with Crippen LogP contribution >= 0.6 is 0 Å². The lowest BCUT2D eigenvalue weighted by molar-refractivity contribution is 0.481. The second-order valence-electron chi connectivity index (χ2n) is 4.29. The summed E-state index contributed by atoms with van der Waals surface area (Å²) in [7, 11) is 0. The highest BCUT2D eigenvalue weighted by atomic mass is 16.1. The van der Waals surface area contributed by atoms with E-state index >= 15 is 0 Å². The highest BCUT2D eigenvalue weighted by molar-refractivity contribution is 5.73. The largest absolute Gasteiger partial charge is 0.326 e. The van der Waals surface area contributed by atoms with E-state index in [0.717, 1.165) is 37.1 Å². The number of aromatic amines is 1. The van der Waals surface area contributed by atoms with Gasteiger partial charge < -0.3 is 10.3 Å². The van der Waals surface area contributed by atoms with Gasteiger partial charge in [-0.2, -0.15) is 0 Å². The van der Waals surface area contributed by atoms with Gasteiger partial charge >= 0.3 is 5.69 Å². The predicted molar refractivity (Wildman–Crippen MR) is 61.3 cm³/mol. The maximum absolute atomic E-state index is 11.8. The fourth-order valence-corrected chi connectivity index (χ4v) is 2.32. The van der Waals surface area contributed by atoms with Gasteiger partial charge in [-0.1, -0.05) is 0 Å². The minimum atomic E-state index is -0.0325. The van der Waals surface area contributed by atoms with Crippen LogP contribution in [0.25, 0.3) is 11.0 Å². The van der Waals surface area contributed by atoms with Crippen molar-refractivity contribution in [2.75, 3.05) is 13.1 Å². The van der Waals surface area contributed by atoms with E-state index in [9.17, 15) is 4.79 Å². The molecule has 1 aliphatic rings. The molecule has 2 aromatic heterocycles. The van der Waals surface area contributed by atoms with E-state index in [0.29, 0.717) is 5.92 Å². The number of aromatic nitrogens is 3. The van der Waals surface area contributed by atoms with Gasteiger partial charge in [0.15, 0.2) is 0 Å². The van der Waals surface area contributed by atoms with Crippen molar-refractivity contribution in [3.63, 3.8) is 0 Å². The highest BCUT2D eigenvalue weighted by Gasteiger charge is 2.17. The molecule has 0 amide bonds. The average molecular weight is 218 g/mol. The lowest BCUT2D eigenvalue weighted by atomic mass is 10.1. The van der Waals surface area contributed by atoms with E-state index in [1.54, 1.807) is 12.4 Å². The Labute approximate surface area is 92.5 Å². The zero-order valence-electron chi connectivity index (χ0n) is 8.94. The minimum Gasteiger partial charge on any atom is -0.316 e. The topological polar surface area (TPSA) is 62.7 Å². The van der Waals surface area contributed by atoms with Gasteiger partial charge in [0.05, 0.1) is 17.2 Å². The summed E-state index contributed by atoms with van der Waals surface area (Å²) >= 11 is 0. The summed E-state index contributed by atoms with van der Waals surface area (Å²) in [6.45, 7) is 2.85. The number of pyridine rings is 1. The molecular formula is C11H14N4O. The van der Waals surface area contributed by atoms with E-state index < -0.39 is 0 Å². The smallest absolute Gasteiger partial charge is 0.316 e. The van der Waals surface area contributed by atoms with Crippen LogP contribution in [0.1, 0.15) is 6.42 Å². The van der Waals surface area contributed by atoms with Crippen LogP contribution in [-0.4, -0.2) is 27.6 Å². The molecule has 2 aromatic rings. The summed E-state index contributed by atoms with van der Waals surface area (Å²) in [6.07, 6.45) is 4.56. The van der Waals surface area contributed by atoms with Crippen molar-refractivity contribution in [2.24, 2.45) is 5.92 Å². The van der Waals surface area contributed by atoms with Crippen molar-refractivity contribution in [1.82, 2.24) is 19.9 Å². The molecule has 1 saturated heterocycles. The molecule has 3 rings (SSSR count). The van der Waals surface area contributed by atoms with E-state index in [-0.39, 0.29) is 5.69 Å². The Morgan fingerprint density at radius 3 is 3.31 bits per heavy atom. The third-order valence-electron chi connectivity index (χ3n) is 3.18. The quantitative estimate of drug-likeness (QED) is 0.763. The van der Waals surface area contributed by atoms with Crippen LogP contribution in [0.4, 0.5) is 0 Å². The second-order valence-corrected chi connectivity index (χ2v) is 4.29. The average Bonchev–Trinajstić information content (AvgIpc) is 2.89. The van der Waals surface area contributed by atoms with E-state index in [4.69, 9.17) is 0 Å². The molecule has 1 atom stereocenters. The minimum absolute atomic E-state index is 0.0325. The van der Waals surface area contributed by atoms with Crippen LogP contribution in [-0.2, 0) is 6.54 Å². The number of nitrogens with zero attached hydrogens (tertiary/aromatic N) is 2. The summed E-state index contributed by atoms with van der Waals surface area (Å²) in [6, 6.07) is 1.88. The number of H-pyrrole nitrogens is 1. The van der Waals surface area contributed by atoms with Gasteiger partial charge in [-0.15, -0.1) is 0 Å². The Hall–Kier alpha value is -1.62. The zero-order valence-corrected chi connectivity index (χ0v) is 8.94. The molecule has 16 heavy (non-hydrogen) atoms. The summed E-state index contributed by atoms with van der Waals surface area (Å²) in [5.74, 6) is 0.560. The SMILES string of the molecule is O=c1[nH]c2cnccc2n1CC1CCNC1. The Bertz CT molecular complexity index is 550. The number of hydrogen-bond acceptors (Lipinski definition) is 3. The standard InChI is InChI=1S/C11H14N4O/c16-11-14-9-6-13-4-2-10(9)15(11)7-8-1-3-12-5-8/h2,4,6,8,12H,1,3,5,7H2,(H,14,16). The first-order valence-corrected chi connectivity index (χ1v) is 5.58. The molecule has 0 bridgehead atoms. The van der Waals surface area contributed by atoms with E-state index in [2.05, 4.69) is 15.3 Å². The van der Waals surface area contributed by atoms with Crippen LogP contribution in [0.15, 0.2) is 23.3 Å². The van der Waals surface area contributed by atoms with E-state index in [1.807, 2.05) is 10.6 Å². The van der Waals surface area contributed by atoms with Crippen molar-refractivity contribution in [3.8, 4) is 0 Å². The number of imidazole rings is 1. The van der Waals surface area contributed by atoms with Gasteiger partial charge in [-0.3, -0.25) is 9.55 Å². The molecule has 84 valence electrons. The number of fused-ring (bicyclic) bond motifs is 1. The maximum atomic E-state index is 11.8. The molecule has 2 N–H and O–H groups in total. The molecule has 1 aliphatic heterocycles. The molecule has 3 heterocycles. The zero-order chi connectivity index (χ0) is 11.0. The third kappa shape index (κ3) is 1.53. The van der Waals surface area contributed by atoms with Gasteiger partial charge in [-0.25, -0.2) is 4.79 Å². The molecule has 0 aromatic carbocycles. The number of nitrogens with one attached hydrogen (secondary N) is 2. The molecular weight excluding hydrogens is 204 g/mol. The Morgan fingerprint density at radius 2 is 2.50 bits per heavy atom. The summed E-state index contributed by atoms with van der Waals surface area (Å²) < 4.78 is 1.81. The summed E-state index contributed by atoms with van der Waals surface area (Å²) in [4.78, 5) is 18.6. The van der Waals surface area contributed by atoms with E-state index in [1.165, 1.54) is 0 Å². The van der Waals surface area contributed by atoms with Crippen molar-refractivity contribution >= 4 is 11.0 Å². The molecule has 1 fully saturated rings. The van der Waals surface area contributed by atoms with Crippen LogP contribution < -0.4 is 11.0 Å². The monoisotopic (exact) mass is 218 g/mol. The fourth-order valence-electron chi connectivity index (χ4n) is 2.32. The maximum Gasteiger partial charge on any atom is 0.326 e. The van der Waals surface area contributed by atoms with Gasteiger partial charge in [0.2, 0.25) is 0 Å². The number of hydrogen-bond donors (Lipinski definition) is 2. The molecule has 5 nitrogen and oxygen atoms in total. The first kappa shape index (κ1) is 9.59. The van der Waals surface area contributed by atoms with Crippen molar-refractivity contribution in [2.45, 2.75) is 13.0 Å². The lowest BCUT2D eigenvalue weighted by Gasteiger charge is -2.08. The highest BCUT2D eigenvalue weighted by Crippen LogP contribution is 2.13. The summed E-state index contributed by atoms with van der Waals surface area (Å²) in [5, 5.41) is 3.31. The first-order valence-electron chi connectivity index (χ1n) is 5.58. The van der Waals surface area contributed by atoms with Crippen LogP contribution in [0.5, 0.6) is 0 Å². The van der Waals surface area contributed by atoms with Gasteiger partial charge in [0.25, 0.3) is 0 Å². The molecule has 0 spiro atoms. The van der Waals surface area contributed by atoms with Gasteiger partial charge in [0.1, 0.15) is 0 Å². The van der Waals surface area contributed by atoms with Crippen molar-refractivity contribution in [3.05, 3.63) is 28.9 Å².